The highest BCUT2D eigenvalue weighted by molar-refractivity contribution is 9.10. The molecule has 0 bridgehead atoms. The molecule has 1 amide bonds. The maximum atomic E-state index is 12.3. The summed E-state index contributed by atoms with van der Waals surface area (Å²) >= 11 is 3.57. The fourth-order valence-electron chi connectivity index (χ4n) is 3.55. The molecule has 1 saturated carbocycles. The predicted molar refractivity (Wildman–Crippen MR) is 120 cm³/mol. The quantitative estimate of drug-likeness (QED) is 0.416. The van der Waals surface area contributed by atoms with Gasteiger partial charge >= 0.3 is 0 Å². The number of methoxy groups -OCH3 is 1. The van der Waals surface area contributed by atoms with Crippen molar-refractivity contribution in [3.05, 3.63) is 64.1 Å². The van der Waals surface area contributed by atoms with Gasteiger partial charge in [-0.25, -0.2) is 0 Å². The van der Waals surface area contributed by atoms with Gasteiger partial charge in [0.2, 0.25) is 5.91 Å². The predicted octanol–water partition coefficient (Wildman–Crippen LogP) is 5.89. The smallest absolute Gasteiger partial charge is 0.244 e. The number of benzene rings is 2. The first-order valence-corrected chi connectivity index (χ1v) is 11.0. The van der Waals surface area contributed by atoms with E-state index in [0.717, 1.165) is 28.4 Å². The third-order valence-corrected chi connectivity index (χ3v) is 5.70. The first kappa shape index (κ1) is 21.4. The van der Waals surface area contributed by atoms with Crippen molar-refractivity contribution in [1.82, 2.24) is 5.32 Å². The standard InChI is InChI=1S/C24H28BrNO3/c1-28-22-16-19(13-14-23(27)26-20-11-7-2-3-8-12-20)15-21(25)24(22)29-17-18-9-5-4-6-10-18/h4-6,9-10,13-16,20H,2-3,7-8,11-12,17H2,1H3,(H,26,27)/b14-13+. The molecule has 5 heteroatoms. The molecule has 4 nitrogen and oxygen atoms in total. The van der Waals surface area contributed by atoms with Crippen molar-refractivity contribution in [2.24, 2.45) is 0 Å². The van der Waals surface area contributed by atoms with Crippen LogP contribution in [-0.4, -0.2) is 19.1 Å². The molecule has 2 aromatic rings. The lowest BCUT2D eigenvalue weighted by Gasteiger charge is -2.15. The number of nitrogens with one attached hydrogen (secondary N) is 1. The van der Waals surface area contributed by atoms with E-state index in [0.29, 0.717) is 24.1 Å². The van der Waals surface area contributed by atoms with E-state index in [1.54, 1.807) is 19.3 Å². The summed E-state index contributed by atoms with van der Waals surface area (Å²) in [6.07, 6.45) is 10.5. The summed E-state index contributed by atoms with van der Waals surface area (Å²) in [7, 11) is 1.61. The van der Waals surface area contributed by atoms with Crippen LogP contribution in [-0.2, 0) is 11.4 Å². The van der Waals surface area contributed by atoms with Gasteiger partial charge in [0.25, 0.3) is 0 Å². The Morgan fingerprint density at radius 2 is 1.86 bits per heavy atom. The molecule has 0 spiro atoms. The van der Waals surface area contributed by atoms with Gasteiger partial charge in [-0.15, -0.1) is 0 Å². The van der Waals surface area contributed by atoms with Crippen LogP contribution in [0.15, 0.2) is 53.0 Å². The molecule has 2 aromatic carbocycles. The van der Waals surface area contributed by atoms with Crippen molar-refractivity contribution in [1.29, 1.82) is 0 Å². The SMILES string of the molecule is COc1cc(/C=C/C(=O)NC2CCCCCC2)cc(Br)c1OCc1ccccc1. The van der Waals surface area contributed by atoms with Crippen molar-refractivity contribution in [3.63, 3.8) is 0 Å². The van der Waals surface area contributed by atoms with E-state index >= 15 is 0 Å². The second-order valence-corrected chi connectivity index (χ2v) is 8.19. The Morgan fingerprint density at radius 1 is 1.14 bits per heavy atom. The Bertz CT molecular complexity index is 828. The van der Waals surface area contributed by atoms with Crippen LogP contribution < -0.4 is 14.8 Å². The summed E-state index contributed by atoms with van der Waals surface area (Å²) in [6, 6.07) is 14.1. The number of hydrogen-bond acceptors (Lipinski definition) is 3. The van der Waals surface area contributed by atoms with Gasteiger partial charge < -0.3 is 14.8 Å². The molecule has 0 radical (unpaired) electrons. The van der Waals surface area contributed by atoms with E-state index in [1.807, 2.05) is 42.5 Å². The average Bonchev–Trinajstić information content (AvgIpc) is 3.00. The molecule has 1 aliphatic rings. The van der Waals surface area contributed by atoms with E-state index in [1.165, 1.54) is 25.7 Å². The molecule has 0 atom stereocenters. The van der Waals surface area contributed by atoms with E-state index in [2.05, 4.69) is 21.2 Å². The maximum Gasteiger partial charge on any atom is 0.244 e. The topological polar surface area (TPSA) is 47.6 Å². The van der Waals surface area contributed by atoms with Crippen molar-refractivity contribution in [3.8, 4) is 11.5 Å². The van der Waals surface area contributed by atoms with Crippen LogP contribution >= 0.6 is 15.9 Å². The molecule has 154 valence electrons. The number of halogens is 1. The van der Waals surface area contributed by atoms with E-state index in [9.17, 15) is 4.79 Å². The zero-order valence-corrected chi connectivity index (χ0v) is 18.4. The Kier molecular flexibility index (Phi) is 8.17. The highest BCUT2D eigenvalue weighted by atomic mass is 79.9. The second-order valence-electron chi connectivity index (χ2n) is 7.34. The first-order valence-electron chi connectivity index (χ1n) is 10.2. The Labute approximate surface area is 181 Å². The molecule has 0 aromatic heterocycles. The monoisotopic (exact) mass is 457 g/mol. The Balaban J connectivity index is 1.64. The van der Waals surface area contributed by atoms with E-state index < -0.39 is 0 Å². The van der Waals surface area contributed by atoms with Gasteiger partial charge in [-0.2, -0.15) is 0 Å². The van der Waals surface area contributed by atoms with Gasteiger partial charge in [-0.3, -0.25) is 4.79 Å². The maximum absolute atomic E-state index is 12.3. The zero-order valence-electron chi connectivity index (χ0n) is 16.8. The number of amides is 1. The average molecular weight is 458 g/mol. The first-order chi connectivity index (χ1) is 14.2. The molecule has 1 aliphatic carbocycles. The van der Waals surface area contributed by atoms with E-state index in [4.69, 9.17) is 9.47 Å². The summed E-state index contributed by atoms with van der Waals surface area (Å²) in [6.45, 7) is 0.453. The van der Waals surface area contributed by atoms with Gasteiger partial charge in [0.1, 0.15) is 6.61 Å². The summed E-state index contributed by atoms with van der Waals surface area (Å²) in [5.74, 6) is 1.23. The fraction of sp³-hybridized carbons (Fsp3) is 0.375. The van der Waals surface area contributed by atoms with Gasteiger partial charge in [0.05, 0.1) is 11.6 Å². The van der Waals surface area contributed by atoms with Crippen LogP contribution in [0.3, 0.4) is 0 Å². The summed E-state index contributed by atoms with van der Waals surface area (Å²) in [5, 5.41) is 3.13. The van der Waals surface area contributed by atoms with Crippen LogP contribution in [0.4, 0.5) is 0 Å². The van der Waals surface area contributed by atoms with Crippen LogP contribution in [0.2, 0.25) is 0 Å². The van der Waals surface area contributed by atoms with Crippen LogP contribution in [0.5, 0.6) is 11.5 Å². The highest BCUT2D eigenvalue weighted by Crippen LogP contribution is 2.37. The highest BCUT2D eigenvalue weighted by Gasteiger charge is 2.14. The zero-order chi connectivity index (χ0) is 20.5. The second kappa shape index (κ2) is 11.1. The van der Waals surface area contributed by atoms with Crippen molar-refractivity contribution < 1.29 is 14.3 Å². The third-order valence-electron chi connectivity index (χ3n) is 5.11. The molecule has 3 rings (SSSR count). The number of hydrogen-bond donors (Lipinski definition) is 1. The minimum absolute atomic E-state index is 0.0450. The Hall–Kier alpha value is -2.27. The minimum Gasteiger partial charge on any atom is -0.493 e. The van der Waals surface area contributed by atoms with E-state index in [-0.39, 0.29) is 5.91 Å². The molecule has 0 unspecified atom stereocenters. The number of carbonyl (C=O) groups excluding carboxylic acids is 1. The van der Waals surface area contributed by atoms with Gasteiger partial charge in [-0.1, -0.05) is 56.0 Å². The lowest BCUT2D eigenvalue weighted by molar-refractivity contribution is -0.117. The Morgan fingerprint density at radius 3 is 2.55 bits per heavy atom. The van der Waals surface area contributed by atoms with Crippen molar-refractivity contribution in [2.45, 2.75) is 51.2 Å². The third kappa shape index (κ3) is 6.64. The van der Waals surface area contributed by atoms with Crippen LogP contribution in [0.1, 0.15) is 49.7 Å². The lowest BCUT2D eigenvalue weighted by atomic mass is 10.1. The van der Waals surface area contributed by atoms with Crippen LogP contribution in [0, 0.1) is 0 Å². The molecule has 1 N–H and O–H groups in total. The largest absolute Gasteiger partial charge is 0.493 e. The summed E-state index contributed by atoms with van der Waals surface area (Å²) in [4.78, 5) is 12.3. The number of carbonyl (C=O) groups is 1. The van der Waals surface area contributed by atoms with Crippen molar-refractivity contribution >= 4 is 27.9 Å². The van der Waals surface area contributed by atoms with Gasteiger partial charge in [0, 0.05) is 12.1 Å². The fourth-order valence-corrected chi connectivity index (χ4v) is 4.12. The number of rotatable bonds is 7. The van der Waals surface area contributed by atoms with Crippen LogP contribution in [0.25, 0.3) is 6.08 Å². The lowest BCUT2D eigenvalue weighted by Crippen LogP contribution is -2.33. The number of ether oxygens (including phenoxy) is 2. The van der Waals surface area contributed by atoms with Gasteiger partial charge in [-0.05, 0) is 58.1 Å². The summed E-state index contributed by atoms with van der Waals surface area (Å²) in [5.41, 5.74) is 1.96. The molecule has 0 aliphatic heterocycles. The molecular weight excluding hydrogens is 430 g/mol. The van der Waals surface area contributed by atoms with Crippen molar-refractivity contribution in [2.75, 3.05) is 7.11 Å². The summed E-state index contributed by atoms with van der Waals surface area (Å²) < 4.78 is 12.3. The molecular formula is C24H28BrNO3. The van der Waals surface area contributed by atoms with Gasteiger partial charge in [0.15, 0.2) is 11.5 Å². The molecule has 29 heavy (non-hydrogen) atoms. The minimum atomic E-state index is -0.0450. The molecule has 0 saturated heterocycles. The molecule has 1 fully saturated rings. The molecule has 0 heterocycles. The normalized spacial score (nSPS) is 15.1.